The molecule has 0 radical (unpaired) electrons. The lowest BCUT2D eigenvalue weighted by Crippen LogP contribution is -2.11. The number of hydrogen-bond donors (Lipinski definition) is 1. The molecule has 1 aromatic carbocycles. The first-order chi connectivity index (χ1) is 8.63. The minimum Gasteiger partial charge on any atom is -0.319 e. The third-order valence-corrected chi connectivity index (χ3v) is 3.40. The highest BCUT2D eigenvalue weighted by Gasteiger charge is 2.14. The molecule has 0 fully saturated rings. The Bertz CT molecular complexity index is 529. The lowest BCUT2D eigenvalue weighted by atomic mass is 10.0. The van der Waals surface area contributed by atoms with Gasteiger partial charge in [0.05, 0.1) is 5.69 Å². The first-order valence-corrected chi connectivity index (χ1v) is 6.44. The van der Waals surface area contributed by atoms with Gasteiger partial charge in [0.25, 0.3) is 0 Å². The summed E-state index contributed by atoms with van der Waals surface area (Å²) in [6.45, 7) is 3.02. The summed E-state index contributed by atoms with van der Waals surface area (Å²) in [5.74, 6) is 0. The van der Waals surface area contributed by atoms with Crippen molar-refractivity contribution < 1.29 is 0 Å². The van der Waals surface area contributed by atoms with Gasteiger partial charge >= 0.3 is 0 Å². The SMILES string of the molecule is CNCCc1nn(C)c(C)c1-c1ccc(Cl)cc1. The smallest absolute Gasteiger partial charge is 0.0718 e. The van der Waals surface area contributed by atoms with E-state index in [-0.39, 0.29) is 0 Å². The number of rotatable bonds is 4. The summed E-state index contributed by atoms with van der Waals surface area (Å²) in [4.78, 5) is 0. The van der Waals surface area contributed by atoms with Crippen LogP contribution in [0.3, 0.4) is 0 Å². The number of benzene rings is 1. The van der Waals surface area contributed by atoms with Crippen LogP contribution >= 0.6 is 11.6 Å². The maximum Gasteiger partial charge on any atom is 0.0718 e. The molecule has 0 atom stereocenters. The van der Waals surface area contributed by atoms with Gasteiger partial charge in [0, 0.05) is 36.3 Å². The highest BCUT2D eigenvalue weighted by atomic mass is 35.5. The summed E-state index contributed by atoms with van der Waals surface area (Å²) in [6.07, 6.45) is 0.927. The summed E-state index contributed by atoms with van der Waals surface area (Å²) >= 11 is 5.94. The molecule has 0 saturated heterocycles. The monoisotopic (exact) mass is 263 g/mol. The molecule has 0 aliphatic carbocycles. The third kappa shape index (κ3) is 2.57. The molecule has 0 aliphatic rings. The maximum absolute atomic E-state index is 5.94. The van der Waals surface area contributed by atoms with E-state index in [1.165, 1.54) is 16.8 Å². The second-order valence-electron chi connectivity index (χ2n) is 4.39. The second-order valence-corrected chi connectivity index (χ2v) is 4.83. The summed E-state index contributed by atoms with van der Waals surface area (Å²) < 4.78 is 1.94. The number of aryl methyl sites for hydroxylation is 1. The fourth-order valence-electron chi connectivity index (χ4n) is 2.09. The van der Waals surface area contributed by atoms with Crippen LogP contribution < -0.4 is 5.32 Å². The van der Waals surface area contributed by atoms with Gasteiger partial charge in [0.15, 0.2) is 0 Å². The largest absolute Gasteiger partial charge is 0.319 e. The molecule has 2 aromatic rings. The average Bonchev–Trinajstić information content (AvgIpc) is 2.64. The van der Waals surface area contributed by atoms with Gasteiger partial charge in [-0.15, -0.1) is 0 Å². The van der Waals surface area contributed by atoms with Crippen molar-refractivity contribution in [1.29, 1.82) is 0 Å². The standard InChI is InChI=1S/C14H18ClN3/c1-10-14(11-4-6-12(15)7-5-11)13(8-9-16-2)17-18(10)3/h4-7,16H,8-9H2,1-3H3. The van der Waals surface area contributed by atoms with E-state index in [0.29, 0.717) is 0 Å². The van der Waals surface area contributed by atoms with Crippen molar-refractivity contribution in [2.24, 2.45) is 7.05 Å². The topological polar surface area (TPSA) is 29.9 Å². The predicted molar refractivity (Wildman–Crippen MR) is 76.0 cm³/mol. The molecule has 0 aliphatic heterocycles. The van der Waals surface area contributed by atoms with Gasteiger partial charge in [-0.3, -0.25) is 4.68 Å². The summed E-state index contributed by atoms with van der Waals surface area (Å²) in [7, 11) is 3.94. The van der Waals surface area contributed by atoms with E-state index in [4.69, 9.17) is 11.6 Å². The molecule has 0 bridgehead atoms. The number of nitrogens with one attached hydrogen (secondary N) is 1. The Labute approximate surface area is 113 Å². The molecule has 1 N–H and O–H groups in total. The third-order valence-electron chi connectivity index (χ3n) is 3.15. The van der Waals surface area contributed by atoms with Gasteiger partial charge in [0.2, 0.25) is 0 Å². The Kier molecular flexibility index (Phi) is 4.04. The lowest BCUT2D eigenvalue weighted by molar-refractivity contribution is 0.703. The van der Waals surface area contributed by atoms with Crippen LogP contribution in [0.25, 0.3) is 11.1 Å². The highest BCUT2D eigenvalue weighted by molar-refractivity contribution is 6.30. The molecule has 0 saturated carbocycles. The molecule has 0 unspecified atom stereocenters. The van der Waals surface area contributed by atoms with Crippen LogP contribution in [0.2, 0.25) is 5.02 Å². The quantitative estimate of drug-likeness (QED) is 0.919. The Hall–Kier alpha value is -1.32. The van der Waals surface area contributed by atoms with Crippen molar-refractivity contribution >= 4 is 11.6 Å². The Morgan fingerprint density at radius 3 is 2.56 bits per heavy atom. The van der Waals surface area contributed by atoms with Crippen molar-refractivity contribution in [2.45, 2.75) is 13.3 Å². The van der Waals surface area contributed by atoms with Crippen LogP contribution in [0.15, 0.2) is 24.3 Å². The zero-order valence-corrected chi connectivity index (χ0v) is 11.8. The molecule has 0 amide bonds. The number of halogens is 1. The minimum absolute atomic E-state index is 0.761. The second kappa shape index (κ2) is 5.55. The highest BCUT2D eigenvalue weighted by Crippen LogP contribution is 2.28. The molecule has 3 nitrogen and oxygen atoms in total. The number of aromatic nitrogens is 2. The molecule has 18 heavy (non-hydrogen) atoms. The first-order valence-electron chi connectivity index (χ1n) is 6.06. The van der Waals surface area contributed by atoms with Gasteiger partial charge in [-0.2, -0.15) is 5.10 Å². The Morgan fingerprint density at radius 1 is 1.28 bits per heavy atom. The van der Waals surface area contributed by atoms with Crippen LogP contribution in [-0.4, -0.2) is 23.4 Å². The van der Waals surface area contributed by atoms with Crippen molar-refractivity contribution in [1.82, 2.24) is 15.1 Å². The van der Waals surface area contributed by atoms with Gasteiger partial charge < -0.3 is 5.32 Å². The number of hydrogen-bond acceptors (Lipinski definition) is 2. The first kappa shape index (κ1) is 13.1. The minimum atomic E-state index is 0.761. The van der Waals surface area contributed by atoms with Crippen molar-refractivity contribution in [3.05, 3.63) is 40.7 Å². The van der Waals surface area contributed by atoms with Gasteiger partial charge in [-0.1, -0.05) is 23.7 Å². The van der Waals surface area contributed by atoms with Crippen LogP contribution in [0.5, 0.6) is 0 Å². The normalized spacial score (nSPS) is 10.9. The van der Waals surface area contributed by atoms with Crippen LogP contribution in [-0.2, 0) is 13.5 Å². The van der Waals surface area contributed by atoms with Gasteiger partial charge in [0.1, 0.15) is 0 Å². The van der Waals surface area contributed by atoms with E-state index in [1.54, 1.807) is 0 Å². The molecule has 2 rings (SSSR count). The molecule has 1 aromatic heterocycles. The Morgan fingerprint density at radius 2 is 1.94 bits per heavy atom. The fourth-order valence-corrected chi connectivity index (χ4v) is 2.21. The molecule has 1 heterocycles. The van der Waals surface area contributed by atoms with Gasteiger partial charge in [-0.25, -0.2) is 0 Å². The molecular weight excluding hydrogens is 246 g/mol. The van der Waals surface area contributed by atoms with E-state index in [2.05, 4.69) is 29.5 Å². The molecule has 96 valence electrons. The van der Waals surface area contributed by atoms with Crippen molar-refractivity contribution in [3.8, 4) is 11.1 Å². The van der Waals surface area contributed by atoms with Crippen molar-refractivity contribution in [2.75, 3.05) is 13.6 Å². The van der Waals surface area contributed by atoms with E-state index in [9.17, 15) is 0 Å². The van der Waals surface area contributed by atoms with Crippen molar-refractivity contribution in [3.63, 3.8) is 0 Å². The number of nitrogens with zero attached hydrogens (tertiary/aromatic N) is 2. The van der Waals surface area contributed by atoms with E-state index in [0.717, 1.165) is 23.7 Å². The summed E-state index contributed by atoms with van der Waals surface area (Å²) in [6, 6.07) is 7.95. The van der Waals surface area contributed by atoms with E-state index >= 15 is 0 Å². The van der Waals surface area contributed by atoms with Crippen LogP contribution in [0.4, 0.5) is 0 Å². The zero-order valence-electron chi connectivity index (χ0n) is 11.0. The molecule has 4 heteroatoms. The molecule has 0 spiro atoms. The Balaban J connectivity index is 2.44. The predicted octanol–water partition coefficient (Wildman–Crippen LogP) is 2.81. The average molecular weight is 264 g/mol. The van der Waals surface area contributed by atoms with E-state index < -0.39 is 0 Å². The fraction of sp³-hybridized carbons (Fsp3) is 0.357. The molecular formula is C14H18ClN3. The van der Waals surface area contributed by atoms with Crippen LogP contribution in [0, 0.1) is 6.92 Å². The van der Waals surface area contributed by atoms with Gasteiger partial charge in [-0.05, 0) is 31.7 Å². The zero-order chi connectivity index (χ0) is 13.1. The van der Waals surface area contributed by atoms with Crippen LogP contribution in [0.1, 0.15) is 11.4 Å². The summed E-state index contributed by atoms with van der Waals surface area (Å²) in [5, 5.41) is 8.51. The lowest BCUT2D eigenvalue weighted by Gasteiger charge is -2.04. The summed E-state index contributed by atoms with van der Waals surface area (Å²) in [5.41, 5.74) is 4.72. The number of likely N-dealkylation sites (N-methyl/N-ethyl adjacent to an activating group) is 1. The van der Waals surface area contributed by atoms with E-state index in [1.807, 2.05) is 30.9 Å². The maximum atomic E-state index is 5.94.